The minimum Gasteiger partial charge on any atom is -0.492 e. The minimum atomic E-state index is -0.507. The fourth-order valence-electron chi connectivity index (χ4n) is 2.02. The average Bonchev–Trinajstić information content (AvgIpc) is 2.45. The molecule has 1 N–H and O–H groups in total. The van der Waals surface area contributed by atoms with E-state index in [0.717, 1.165) is 5.75 Å². The van der Waals surface area contributed by atoms with Crippen molar-refractivity contribution in [2.75, 3.05) is 18.5 Å². The number of ether oxygens (including phenoxy) is 1. The van der Waals surface area contributed by atoms with Crippen LogP contribution in [0.3, 0.4) is 0 Å². The van der Waals surface area contributed by atoms with E-state index in [1.54, 1.807) is 12.1 Å². The van der Waals surface area contributed by atoms with Gasteiger partial charge in [-0.05, 0) is 38.1 Å². The Morgan fingerprint density at radius 1 is 1.19 bits per heavy atom. The van der Waals surface area contributed by atoms with E-state index in [1.807, 2.05) is 31.2 Å². The van der Waals surface area contributed by atoms with E-state index in [4.69, 9.17) is 4.74 Å². The standard InChI is InChI=1S/C17H18FNO2/c1-12-6-8-14(9-7-12)21-11-10-19-16-5-3-4-15(18)17(16)13(2)20/h3-9,19H,10-11H2,1-2H3. The number of Topliss-reactive ketones (excluding diaryl/α,β-unsaturated/α-hetero) is 1. The van der Waals surface area contributed by atoms with Crippen molar-refractivity contribution in [3.05, 3.63) is 59.4 Å². The van der Waals surface area contributed by atoms with Gasteiger partial charge in [0.1, 0.15) is 18.2 Å². The summed E-state index contributed by atoms with van der Waals surface area (Å²) in [4.78, 5) is 11.5. The third-order valence-electron chi connectivity index (χ3n) is 3.07. The van der Waals surface area contributed by atoms with Gasteiger partial charge < -0.3 is 10.1 Å². The summed E-state index contributed by atoms with van der Waals surface area (Å²) in [5.74, 6) is -0.0181. The molecule has 0 unspecified atom stereocenters. The highest BCUT2D eigenvalue weighted by molar-refractivity contribution is 5.99. The van der Waals surface area contributed by atoms with Gasteiger partial charge in [0.25, 0.3) is 0 Å². The lowest BCUT2D eigenvalue weighted by Gasteiger charge is -2.12. The summed E-state index contributed by atoms with van der Waals surface area (Å²) >= 11 is 0. The normalized spacial score (nSPS) is 10.2. The minimum absolute atomic E-state index is 0.0906. The van der Waals surface area contributed by atoms with E-state index in [9.17, 15) is 9.18 Å². The highest BCUT2D eigenvalue weighted by Crippen LogP contribution is 2.19. The van der Waals surface area contributed by atoms with Crippen LogP contribution in [0.2, 0.25) is 0 Å². The van der Waals surface area contributed by atoms with Crippen molar-refractivity contribution in [3.8, 4) is 5.75 Å². The number of hydrogen-bond acceptors (Lipinski definition) is 3. The number of carbonyl (C=O) groups is 1. The third-order valence-corrected chi connectivity index (χ3v) is 3.07. The molecule has 110 valence electrons. The highest BCUT2D eigenvalue weighted by Gasteiger charge is 2.12. The molecule has 0 saturated carbocycles. The first kappa shape index (κ1) is 15.0. The zero-order valence-electron chi connectivity index (χ0n) is 12.2. The van der Waals surface area contributed by atoms with Gasteiger partial charge in [-0.1, -0.05) is 23.8 Å². The molecule has 0 spiro atoms. The van der Waals surface area contributed by atoms with E-state index < -0.39 is 5.82 Å². The summed E-state index contributed by atoms with van der Waals surface area (Å²) in [5, 5.41) is 3.03. The van der Waals surface area contributed by atoms with Crippen molar-refractivity contribution in [1.29, 1.82) is 0 Å². The van der Waals surface area contributed by atoms with Crippen LogP contribution in [0.5, 0.6) is 5.75 Å². The van der Waals surface area contributed by atoms with Gasteiger partial charge in [-0.25, -0.2) is 4.39 Å². The maximum absolute atomic E-state index is 13.6. The number of ketones is 1. The second-order valence-electron chi connectivity index (χ2n) is 4.81. The Morgan fingerprint density at radius 3 is 2.57 bits per heavy atom. The van der Waals surface area contributed by atoms with Crippen LogP contribution in [-0.2, 0) is 0 Å². The molecule has 0 aliphatic rings. The van der Waals surface area contributed by atoms with Crippen LogP contribution < -0.4 is 10.1 Å². The number of nitrogens with one attached hydrogen (secondary N) is 1. The summed E-state index contributed by atoms with van der Waals surface area (Å²) in [5.41, 5.74) is 1.76. The smallest absolute Gasteiger partial charge is 0.164 e. The Labute approximate surface area is 123 Å². The first-order valence-electron chi connectivity index (χ1n) is 6.80. The van der Waals surface area contributed by atoms with Crippen LogP contribution in [-0.4, -0.2) is 18.9 Å². The monoisotopic (exact) mass is 287 g/mol. The molecule has 2 aromatic rings. The summed E-state index contributed by atoms with van der Waals surface area (Å²) in [6.45, 7) is 4.28. The molecular formula is C17H18FNO2. The molecule has 0 amide bonds. The highest BCUT2D eigenvalue weighted by atomic mass is 19.1. The molecule has 0 saturated heterocycles. The Bertz CT molecular complexity index is 623. The number of benzene rings is 2. The SMILES string of the molecule is CC(=O)c1c(F)cccc1NCCOc1ccc(C)cc1. The largest absolute Gasteiger partial charge is 0.492 e. The molecule has 0 bridgehead atoms. The Morgan fingerprint density at radius 2 is 1.90 bits per heavy atom. The Balaban J connectivity index is 1.90. The van der Waals surface area contributed by atoms with Crippen LogP contribution in [0, 0.1) is 12.7 Å². The van der Waals surface area contributed by atoms with Gasteiger partial charge >= 0.3 is 0 Å². The average molecular weight is 287 g/mol. The predicted octanol–water partition coefficient (Wildman–Crippen LogP) is 3.83. The first-order valence-corrected chi connectivity index (χ1v) is 6.80. The third kappa shape index (κ3) is 4.05. The topological polar surface area (TPSA) is 38.3 Å². The van der Waals surface area contributed by atoms with Crippen LogP contribution in [0.1, 0.15) is 22.8 Å². The number of aryl methyl sites for hydroxylation is 1. The lowest BCUT2D eigenvalue weighted by Crippen LogP contribution is -2.14. The second-order valence-corrected chi connectivity index (χ2v) is 4.81. The second kappa shape index (κ2) is 6.88. The molecule has 3 nitrogen and oxygen atoms in total. The summed E-state index contributed by atoms with van der Waals surface area (Å²) in [6, 6.07) is 12.3. The molecule has 21 heavy (non-hydrogen) atoms. The fraction of sp³-hybridized carbons (Fsp3) is 0.235. The van der Waals surface area contributed by atoms with E-state index in [2.05, 4.69) is 5.32 Å². The maximum Gasteiger partial charge on any atom is 0.164 e. The van der Waals surface area contributed by atoms with E-state index >= 15 is 0 Å². The number of rotatable bonds is 6. The predicted molar refractivity (Wildman–Crippen MR) is 81.6 cm³/mol. The van der Waals surface area contributed by atoms with Gasteiger partial charge in [-0.2, -0.15) is 0 Å². The molecule has 2 rings (SSSR count). The van der Waals surface area contributed by atoms with E-state index in [1.165, 1.54) is 18.6 Å². The van der Waals surface area contributed by atoms with E-state index in [0.29, 0.717) is 18.8 Å². The number of anilines is 1. The molecule has 0 fully saturated rings. The zero-order chi connectivity index (χ0) is 15.2. The van der Waals surface area contributed by atoms with Gasteiger partial charge in [-0.3, -0.25) is 4.79 Å². The summed E-state index contributed by atoms with van der Waals surface area (Å²) < 4.78 is 19.2. The Kier molecular flexibility index (Phi) is 4.93. The quantitative estimate of drug-likeness (QED) is 0.648. The van der Waals surface area contributed by atoms with Crippen molar-refractivity contribution in [3.63, 3.8) is 0 Å². The van der Waals surface area contributed by atoms with Crippen LogP contribution >= 0.6 is 0 Å². The Hall–Kier alpha value is -2.36. The zero-order valence-corrected chi connectivity index (χ0v) is 12.2. The molecule has 0 aromatic heterocycles. The van der Waals surface area contributed by atoms with Gasteiger partial charge in [0.05, 0.1) is 5.56 Å². The van der Waals surface area contributed by atoms with Crippen molar-refractivity contribution >= 4 is 11.5 Å². The molecule has 0 heterocycles. The lowest BCUT2D eigenvalue weighted by atomic mass is 10.1. The van der Waals surface area contributed by atoms with Crippen LogP contribution in [0.4, 0.5) is 10.1 Å². The van der Waals surface area contributed by atoms with Crippen molar-refractivity contribution in [2.45, 2.75) is 13.8 Å². The van der Waals surface area contributed by atoms with Gasteiger partial charge in [0.15, 0.2) is 5.78 Å². The molecule has 0 radical (unpaired) electrons. The first-order chi connectivity index (χ1) is 10.1. The van der Waals surface area contributed by atoms with Gasteiger partial charge in [-0.15, -0.1) is 0 Å². The van der Waals surface area contributed by atoms with Crippen molar-refractivity contribution in [1.82, 2.24) is 0 Å². The molecule has 0 aliphatic carbocycles. The number of carbonyl (C=O) groups excluding carboxylic acids is 1. The summed E-state index contributed by atoms with van der Waals surface area (Å²) in [7, 11) is 0. The maximum atomic E-state index is 13.6. The molecule has 0 aliphatic heterocycles. The van der Waals surface area contributed by atoms with Crippen molar-refractivity contribution in [2.24, 2.45) is 0 Å². The van der Waals surface area contributed by atoms with E-state index in [-0.39, 0.29) is 11.3 Å². The lowest BCUT2D eigenvalue weighted by molar-refractivity contribution is 0.101. The molecule has 2 aromatic carbocycles. The van der Waals surface area contributed by atoms with Crippen LogP contribution in [0.15, 0.2) is 42.5 Å². The van der Waals surface area contributed by atoms with Crippen molar-refractivity contribution < 1.29 is 13.9 Å². The fourth-order valence-corrected chi connectivity index (χ4v) is 2.02. The molecular weight excluding hydrogens is 269 g/mol. The molecule has 4 heteroatoms. The number of hydrogen-bond donors (Lipinski definition) is 1. The van der Waals surface area contributed by atoms with Gasteiger partial charge in [0, 0.05) is 12.2 Å². The summed E-state index contributed by atoms with van der Waals surface area (Å²) in [6.07, 6.45) is 0. The number of halogens is 1. The molecule has 0 atom stereocenters. The van der Waals surface area contributed by atoms with Gasteiger partial charge in [0.2, 0.25) is 0 Å². The van der Waals surface area contributed by atoms with Crippen LogP contribution in [0.25, 0.3) is 0 Å².